The fraction of sp³-hybridized carbons (Fsp3) is 0.476. The molecule has 0 aliphatic carbocycles. The predicted octanol–water partition coefficient (Wildman–Crippen LogP) is 5.18. The minimum Gasteiger partial charge on any atom is -0.491 e. The van der Waals surface area contributed by atoms with Crippen LogP contribution in [0.5, 0.6) is 5.75 Å². The highest BCUT2D eigenvalue weighted by atomic mass is 19.4. The summed E-state index contributed by atoms with van der Waals surface area (Å²) in [6.45, 7) is 7.04. The Labute approximate surface area is 173 Å². The number of hydrogen-bond acceptors (Lipinski definition) is 4. The van der Waals surface area contributed by atoms with E-state index in [1.807, 2.05) is 20.8 Å². The van der Waals surface area contributed by atoms with Crippen molar-refractivity contribution < 1.29 is 27.8 Å². The van der Waals surface area contributed by atoms with Gasteiger partial charge in [0.15, 0.2) is 0 Å². The van der Waals surface area contributed by atoms with Gasteiger partial charge in [0, 0.05) is 11.3 Å². The molecule has 1 heterocycles. The lowest BCUT2D eigenvalue weighted by atomic mass is 9.91. The highest BCUT2D eigenvalue weighted by molar-refractivity contribution is 5.65. The molecule has 0 spiro atoms. The Balaban J connectivity index is 2.36. The Morgan fingerprint density at radius 2 is 1.93 bits per heavy atom. The summed E-state index contributed by atoms with van der Waals surface area (Å²) in [5, 5.41) is 11.4. The van der Waals surface area contributed by atoms with Crippen LogP contribution < -0.4 is 10.1 Å². The predicted molar refractivity (Wildman–Crippen MR) is 106 cm³/mol. The monoisotopic (exact) mass is 425 g/mol. The zero-order valence-electron chi connectivity index (χ0n) is 17.4. The van der Waals surface area contributed by atoms with Crippen molar-refractivity contribution in [3.8, 4) is 17.0 Å². The Morgan fingerprint density at radius 3 is 2.50 bits per heavy atom. The molecule has 1 atom stereocenters. The number of halogens is 3. The SMILES string of the molecule is CCc1cc(-c2ccc(OCC(C)(CC(C)C)NC(=O)O)c(C(F)(F)F)c2)ncn1. The number of carbonyl (C=O) groups is 1. The third-order valence-corrected chi connectivity index (χ3v) is 4.48. The van der Waals surface area contributed by atoms with Crippen LogP contribution in [0.2, 0.25) is 0 Å². The van der Waals surface area contributed by atoms with Gasteiger partial charge in [0.2, 0.25) is 0 Å². The van der Waals surface area contributed by atoms with Crippen LogP contribution in [0.15, 0.2) is 30.6 Å². The molecule has 0 saturated carbocycles. The lowest BCUT2D eigenvalue weighted by Gasteiger charge is -2.31. The van der Waals surface area contributed by atoms with Crippen molar-refractivity contribution in [2.24, 2.45) is 5.92 Å². The van der Waals surface area contributed by atoms with Crippen LogP contribution in [-0.2, 0) is 12.6 Å². The molecule has 164 valence electrons. The highest BCUT2D eigenvalue weighted by Gasteiger charge is 2.36. The van der Waals surface area contributed by atoms with Crippen molar-refractivity contribution in [2.75, 3.05) is 6.61 Å². The third-order valence-electron chi connectivity index (χ3n) is 4.48. The van der Waals surface area contributed by atoms with Crippen molar-refractivity contribution in [3.63, 3.8) is 0 Å². The first-order chi connectivity index (χ1) is 13.9. The van der Waals surface area contributed by atoms with Crippen molar-refractivity contribution in [1.82, 2.24) is 15.3 Å². The highest BCUT2D eigenvalue weighted by Crippen LogP contribution is 2.39. The van der Waals surface area contributed by atoms with Gasteiger partial charge in [-0.05, 0) is 49.9 Å². The first-order valence-electron chi connectivity index (χ1n) is 9.60. The van der Waals surface area contributed by atoms with Gasteiger partial charge in [-0.25, -0.2) is 14.8 Å². The molecule has 9 heteroatoms. The summed E-state index contributed by atoms with van der Waals surface area (Å²) in [5.74, 6) is -0.251. The molecule has 0 fully saturated rings. The van der Waals surface area contributed by atoms with Gasteiger partial charge < -0.3 is 15.2 Å². The van der Waals surface area contributed by atoms with Crippen LogP contribution in [0.25, 0.3) is 11.3 Å². The topological polar surface area (TPSA) is 84.3 Å². The molecule has 0 aliphatic rings. The molecule has 1 aromatic heterocycles. The summed E-state index contributed by atoms with van der Waals surface area (Å²) in [5.41, 5.74) is -0.585. The van der Waals surface area contributed by atoms with Gasteiger partial charge in [0.25, 0.3) is 0 Å². The Morgan fingerprint density at radius 1 is 1.23 bits per heavy atom. The number of aryl methyl sites for hydroxylation is 1. The van der Waals surface area contributed by atoms with Crippen LogP contribution in [-0.4, -0.2) is 33.3 Å². The minimum absolute atomic E-state index is 0.112. The van der Waals surface area contributed by atoms with Gasteiger partial charge in [-0.15, -0.1) is 0 Å². The van der Waals surface area contributed by atoms with Gasteiger partial charge in [0.1, 0.15) is 18.7 Å². The van der Waals surface area contributed by atoms with Crippen molar-refractivity contribution >= 4 is 6.09 Å². The number of alkyl halides is 3. The molecular formula is C21H26F3N3O3. The largest absolute Gasteiger partial charge is 0.491 e. The van der Waals surface area contributed by atoms with Gasteiger partial charge in [-0.3, -0.25) is 0 Å². The summed E-state index contributed by atoms with van der Waals surface area (Å²) >= 11 is 0. The van der Waals surface area contributed by atoms with Crippen LogP contribution in [0.3, 0.4) is 0 Å². The molecule has 2 aromatic rings. The second-order valence-electron chi connectivity index (χ2n) is 7.83. The fourth-order valence-corrected chi connectivity index (χ4v) is 3.33. The van der Waals surface area contributed by atoms with E-state index in [4.69, 9.17) is 9.84 Å². The lowest BCUT2D eigenvalue weighted by molar-refractivity contribution is -0.139. The van der Waals surface area contributed by atoms with E-state index in [1.54, 1.807) is 13.0 Å². The summed E-state index contributed by atoms with van der Waals surface area (Å²) in [4.78, 5) is 19.3. The first kappa shape index (κ1) is 23.4. The number of nitrogens with one attached hydrogen (secondary N) is 1. The number of amides is 1. The molecule has 0 saturated heterocycles. The van der Waals surface area contributed by atoms with E-state index in [2.05, 4.69) is 15.3 Å². The second kappa shape index (κ2) is 9.32. The van der Waals surface area contributed by atoms with E-state index in [0.717, 1.165) is 11.8 Å². The molecule has 6 nitrogen and oxygen atoms in total. The maximum absolute atomic E-state index is 13.7. The molecule has 1 unspecified atom stereocenters. The molecule has 2 N–H and O–H groups in total. The normalized spacial score (nSPS) is 13.7. The quantitative estimate of drug-likeness (QED) is 0.609. The van der Waals surface area contributed by atoms with Crippen molar-refractivity contribution in [1.29, 1.82) is 0 Å². The number of ether oxygens (including phenoxy) is 1. The number of carboxylic acid groups (broad SMARTS) is 1. The number of hydrogen-bond donors (Lipinski definition) is 2. The van der Waals surface area contributed by atoms with Crippen LogP contribution in [0.1, 0.15) is 45.4 Å². The number of aromatic nitrogens is 2. The average molecular weight is 425 g/mol. The summed E-state index contributed by atoms with van der Waals surface area (Å²) in [6, 6.07) is 5.37. The molecule has 1 amide bonds. The summed E-state index contributed by atoms with van der Waals surface area (Å²) in [6.07, 6.45) is -3.56. The molecule has 0 radical (unpaired) electrons. The number of nitrogens with zero attached hydrogens (tertiary/aromatic N) is 2. The zero-order chi connectivity index (χ0) is 22.5. The van der Waals surface area contributed by atoms with Crippen LogP contribution in [0.4, 0.5) is 18.0 Å². The molecule has 0 bridgehead atoms. The van der Waals surface area contributed by atoms with Crippen molar-refractivity contribution in [3.05, 3.63) is 41.9 Å². The fourth-order valence-electron chi connectivity index (χ4n) is 3.33. The molecule has 1 aromatic carbocycles. The second-order valence-corrected chi connectivity index (χ2v) is 7.83. The van der Waals surface area contributed by atoms with E-state index >= 15 is 0 Å². The van der Waals surface area contributed by atoms with Gasteiger partial charge in [-0.1, -0.05) is 20.8 Å². The van der Waals surface area contributed by atoms with E-state index in [-0.39, 0.29) is 18.3 Å². The standard InChI is InChI=1S/C21H26F3N3O3/c1-5-15-9-17(26-12-25-15)14-6-7-18(16(8-14)21(22,23)24)30-11-20(4,10-13(2)3)27-19(28)29/h6-9,12-13,27H,5,10-11H2,1-4H3,(H,28,29). The summed E-state index contributed by atoms with van der Waals surface area (Å²) < 4.78 is 46.6. The first-order valence-corrected chi connectivity index (χ1v) is 9.60. The van der Waals surface area contributed by atoms with Gasteiger partial charge in [0.05, 0.1) is 16.8 Å². The number of rotatable bonds is 8. The summed E-state index contributed by atoms with van der Waals surface area (Å²) in [7, 11) is 0. The molecule has 0 aliphatic heterocycles. The van der Waals surface area contributed by atoms with E-state index < -0.39 is 23.4 Å². The third kappa shape index (κ3) is 6.33. The van der Waals surface area contributed by atoms with E-state index in [0.29, 0.717) is 24.1 Å². The van der Waals surface area contributed by atoms with Crippen LogP contribution >= 0.6 is 0 Å². The molecule has 2 rings (SSSR count). The molecule has 30 heavy (non-hydrogen) atoms. The van der Waals surface area contributed by atoms with Gasteiger partial charge in [-0.2, -0.15) is 13.2 Å². The van der Waals surface area contributed by atoms with Crippen LogP contribution in [0, 0.1) is 5.92 Å². The maximum atomic E-state index is 13.7. The van der Waals surface area contributed by atoms with Crippen molar-refractivity contribution in [2.45, 2.75) is 52.3 Å². The maximum Gasteiger partial charge on any atom is 0.419 e. The molecular weight excluding hydrogens is 399 g/mol. The smallest absolute Gasteiger partial charge is 0.419 e. The Bertz CT molecular complexity index is 887. The van der Waals surface area contributed by atoms with E-state index in [9.17, 15) is 18.0 Å². The lowest BCUT2D eigenvalue weighted by Crippen LogP contribution is -2.50. The Kier molecular flexibility index (Phi) is 7.28. The Hall–Kier alpha value is -2.84. The zero-order valence-corrected chi connectivity index (χ0v) is 17.4. The number of benzene rings is 1. The van der Waals surface area contributed by atoms with E-state index in [1.165, 1.54) is 18.5 Å². The van der Waals surface area contributed by atoms with Gasteiger partial charge >= 0.3 is 12.3 Å². The average Bonchev–Trinajstić information content (AvgIpc) is 2.64. The minimum atomic E-state index is -4.65.